The highest BCUT2D eigenvalue weighted by Crippen LogP contribution is 2.33. The normalized spacial score (nSPS) is 14.5. The second kappa shape index (κ2) is 6.03. The van der Waals surface area contributed by atoms with Gasteiger partial charge in [0.1, 0.15) is 5.75 Å². The van der Waals surface area contributed by atoms with Gasteiger partial charge in [-0.25, -0.2) is 0 Å². The largest absolute Gasteiger partial charge is 0.496 e. The minimum absolute atomic E-state index is 0.0742. The SMILES string of the molecule is CCC(CO)C(N)c1cc(C)cc(C)c1OC. The van der Waals surface area contributed by atoms with E-state index in [1.165, 1.54) is 5.56 Å². The second-order valence-corrected chi connectivity index (χ2v) is 4.58. The van der Waals surface area contributed by atoms with Crippen molar-refractivity contribution in [3.8, 4) is 5.75 Å². The van der Waals surface area contributed by atoms with Gasteiger partial charge >= 0.3 is 0 Å². The van der Waals surface area contributed by atoms with Crippen molar-refractivity contribution >= 4 is 0 Å². The third kappa shape index (κ3) is 2.99. The molecule has 0 aromatic heterocycles. The molecule has 1 aromatic rings. The molecule has 17 heavy (non-hydrogen) atoms. The Kier molecular flexibility index (Phi) is 4.97. The van der Waals surface area contributed by atoms with E-state index in [-0.39, 0.29) is 18.6 Å². The Morgan fingerprint density at radius 1 is 1.35 bits per heavy atom. The van der Waals surface area contributed by atoms with Gasteiger partial charge in [-0.3, -0.25) is 0 Å². The first-order chi connectivity index (χ1) is 8.04. The van der Waals surface area contributed by atoms with Crippen molar-refractivity contribution in [3.63, 3.8) is 0 Å². The highest BCUT2D eigenvalue weighted by Gasteiger charge is 2.21. The summed E-state index contributed by atoms with van der Waals surface area (Å²) in [5.41, 5.74) is 9.48. The molecule has 1 aromatic carbocycles. The van der Waals surface area contributed by atoms with Crippen LogP contribution in [0.3, 0.4) is 0 Å². The van der Waals surface area contributed by atoms with Gasteiger partial charge in [-0.2, -0.15) is 0 Å². The van der Waals surface area contributed by atoms with Gasteiger partial charge in [0.2, 0.25) is 0 Å². The molecule has 2 atom stereocenters. The summed E-state index contributed by atoms with van der Waals surface area (Å²) in [5, 5.41) is 9.34. The molecule has 0 spiro atoms. The van der Waals surface area contributed by atoms with Gasteiger partial charge in [-0.15, -0.1) is 0 Å². The average Bonchev–Trinajstić information content (AvgIpc) is 2.29. The van der Waals surface area contributed by atoms with E-state index in [2.05, 4.69) is 12.1 Å². The van der Waals surface area contributed by atoms with Crippen molar-refractivity contribution in [3.05, 3.63) is 28.8 Å². The summed E-state index contributed by atoms with van der Waals surface area (Å²) in [6, 6.07) is 3.95. The molecule has 3 nitrogen and oxygen atoms in total. The van der Waals surface area contributed by atoms with Crippen molar-refractivity contribution in [1.82, 2.24) is 0 Å². The monoisotopic (exact) mass is 237 g/mol. The van der Waals surface area contributed by atoms with Crippen molar-refractivity contribution in [2.45, 2.75) is 33.2 Å². The van der Waals surface area contributed by atoms with E-state index < -0.39 is 0 Å². The minimum atomic E-state index is -0.182. The molecule has 3 N–H and O–H groups in total. The maximum absolute atomic E-state index is 9.34. The number of aryl methyl sites for hydroxylation is 2. The molecule has 3 heteroatoms. The molecular weight excluding hydrogens is 214 g/mol. The summed E-state index contributed by atoms with van der Waals surface area (Å²) in [6.07, 6.45) is 0.855. The van der Waals surface area contributed by atoms with E-state index in [1.54, 1.807) is 7.11 Å². The van der Waals surface area contributed by atoms with Crippen LogP contribution in [0.1, 0.15) is 36.1 Å². The average molecular weight is 237 g/mol. The highest BCUT2D eigenvalue weighted by atomic mass is 16.5. The number of ether oxygens (including phenoxy) is 1. The molecule has 1 rings (SSSR count). The Labute approximate surface area is 104 Å². The van der Waals surface area contributed by atoms with Crippen molar-refractivity contribution < 1.29 is 9.84 Å². The van der Waals surface area contributed by atoms with Crippen LogP contribution in [-0.4, -0.2) is 18.8 Å². The molecule has 0 saturated carbocycles. The van der Waals surface area contributed by atoms with Crippen LogP contribution in [0.15, 0.2) is 12.1 Å². The standard InChI is InChI=1S/C14H23NO2/c1-5-11(8-16)13(15)12-7-9(2)6-10(3)14(12)17-4/h6-7,11,13,16H,5,8,15H2,1-4H3. The smallest absolute Gasteiger partial charge is 0.126 e. The first-order valence-electron chi connectivity index (χ1n) is 6.06. The van der Waals surface area contributed by atoms with Gasteiger partial charge in [-0.1, -0.05) is 24.6 Å². The third-order valence-electron chi connectivity index (χ3n) is 3.28. The summed E-state index contributed by atoms with van der Waals surface area (Å²) < 4.78 is 5.43. The number of rotatable bonds is 5. The van der Waals surface area contributed by atoms with Gasteiger partial charge in [0.25, 0.3) is 0 Å². The predicted molar refractivity (Wildman–Crippen MR) is 70.3 cm³/mol. The number of methoxy groups -OCH3 is 1. The van der Waals surface area contributed by atoms with E-state index in [9.17, 15) is 5.11 Å². The first-order valence-corrected chi connectivity index (χ1v) is 6.06. The number of nitrogens with two attached hydrogens (primary N) is 1. The molecule has 0 aliphatic heterocycles. The number of aliphatic hydroxyl groups is 1. The summed E-state index contributed by atoms with van der Waals surface area (Å²) in [6.45, 7) is 6.20. The fraction of sp³-hybridized carbons (Fsp3) is 0.571. The zero-order valence-corrected chi connectivity index (χ0v) is 11.2. The number of benzene rings is 1. The van der Waals surface area contributed by atoms with Crippen LogP contribution in [0.25, 0.3) is 0 Å². The number of aliphatic hydroxyl groups excluding tert-OH is 1. The molecule has 0 bridgehead atoms. The molecule has 0 aliphatic rings. The quantitative estimate of drug-likeness (QED) is 0.826. The second-order valence-electron chi connectivity index (χ2n) is 4.58. The molecule has 0 amide bonds. The lowest BCUT2D eigenvalue weighted by Crippen LogP contribution is -2.24. The first kappa shape index (κ1) is 14.0. The van der Waals surface area contributed by atoms with Crippen LogP contribution < -0.4 is 10.5 Å². The summed E-state index contributed by atoms with van der Waals surface area (Å²) in [4.78, 5) is 0. The van der Waals surface area contributed by atoms with Crippen LogP contribution in [0.5, 0.6) is 5.75 Å². The van der Waals surface area contributed by atoms with Gasteiger partial charge in [-0.05, 0) is 25.8 Å². The molecule has 2 unspecified atom stereocenters. The van der Waals surface area contributed by atoms with Crippen molar-refractivity contribution in [2.75, 3.05) is 13.7 Å². The van der Waals surface area contributed by atoms with E-state index in [0.717, 1.165) is 23.3 Å². The van der Waals surface area contributed by atoms with Gasteiger partial charge in [0.05, 0.1) is 7.11 Å². The van der Waals surface area contributed by atoms with E-state index >= 15 is 0 Å². The molecule has 0 saturated heterocycles. The minimum Gasteiger partial charge on any atom is -0.496 e. The maximum atomic E-state index is 9.34. The molecule has 96 valence electrons. The molecule has 0 heterocycles. The number of hydrogen-bond acceptors (Lipinski definition) is 3. The predicted octanol–water partition coefficient (Wildman–Crippen LogP) is 2.33. The zero-order chi connectivity index (χ0) is 13.0. The third-order valence-corrected chi connectivity index (χ3v) is 3.28. The molecule has 0 radical (unpaired) electrons. The van der Waals surface area contributed by atoms with Crippen LogP contribution in [0, 0.1) is 19.8 Å². The van der Waals surface area contributed by atoms with Crippen LogP contribution in [0.4, 0.5) is 0 Å². The van der Waals surface area contributed by atoms with Gasteiger partial charge < -0.3 is 15.6 Å². The molecular formula is C14H23NO2. The van der Waals surface area contributed by atoms with E-state index in [4.69, 9.17) is 10.5 Å². The zero-order valence-electron chi connectivity index (χ0n) is 11.2. The fourth-order valence-corrected chi connectivity index (χ4v) is 2.26. The molecule has 0 aliphatic carbocycles. The Morgan fingerprint density at radius 2 is 2.00 bits per heavy atom. The van der Waals surface area contributed by atoms with E-state index in [1.807, 2.05) is 20.8 Å². The van der Waals surface area contributed by atoms with Gasteiger partial charge in [0.15, 0.2) is 0 Å². The summed E-state index contributed by atoms with van der Waals surface area (Å²) in [7, 11) is 1.66. The van der Waals surface area contributed by atoms with E-state index in [0.29, 0.717) is 0 Å². The molecule has 0 fully saturated rings. The fourth-order valence-electron chi connectivity index (χ4n) is 2.26. The maximum Gasteiger partial charge on any atom is 0.126 e. The van der Waals surface area contributed by atoms with Crippen molar-refractivity contribution in [1.29, 1.82) is 0 Å². The summed E-state index contributed by atoms with van der Waals surface area (Å²) >= 11 is 0. The number of hydrogen-bond donors (Lipinski definition) is 2. The Bertz CT molecular complexity index is 373. The Morgan fingerprint density at radius 3 is 2.47 bits per heavy atom. The topological polar surface area (TPSA) is 55.5 Å². The van der Waals surface area contributed by atoms with Crippen molar-refractivity contribution in [2.24, 2.45) is 11.7 Å². The lowest BCUT2D eigenvalue weighted by atomic mass is 9.89. The Hall–Kier alpha value is -1.06. The lowest BCUT2D eigenvalue weighted by Gasteiger charge is -2.24. The van der Waals surface area contributed by atoms with Crippen LogP contribution in [-0.2, 0) is 0 Å². The van der Waals surface area contributed by atoms with Crippen LogP contribution >= 0.6 is 0 Å². The summed E-state index contributed by atoms with van der Waals surface area (Å²) in [5.74, 6) is 0.917. The van der Waals surface area contributed by atoms with Gasteiger partial charge in [0, 0.05) is 24.1 Å². The Balaban J connectivity index is 3.19. The highest BCUT2D eigenvalue weighted by molar-refractivity contribution is 5.45. The lowest BCUT2D eigenvalue weighted by molar-refractivity contribution is 0.199. The van der Waals surface area contributed by atoms with Crippen LogP contribution in [0.2, 0.25) is 0 Å².